The summed E-state index contributed by atoms with van der Waals surface area (Å²) in [5.74, 6) is 1.01. The molecular formula is C24H28N2O5S. The van der Waals surface area contributed by atoms with E-state index in [-0.39, 0.29) is 10.7 Å². The average molecular weight is 457 g/mol. The number of sulfonamides is 1. The van der Waals surface area contributed by atoms with Gasteiger partial charge < -0.3 is 14.5 Å². The summed E-state index contributed by atoms with van der Waals surface area (Å²) in [5.41, 5.74) is 1.64. The maximum atomic E-state index is 13.3. The summed E-state index contributed by atoms with van der Waals surface area (Å²) in [5, 5.41) is 3.41. The number of benzene rings is 2. The van der Waals surface area contributed by atoms with E-state index in [1.54, 1.807) is 60.8 Å². The van der Waals surface area contributed by atoms with Crippen LogP contribution < -0.4 is 10.1 Å². The number of piperidine rings is 1. The quantitative estimate of drug-likeness (QED) is 0.603. The van der Waals surface area contributed by atoms with Crippen molar-refractivity contribution in [2.75, 3.05) is 25.5 Å². The molecule has 0 bridgehead atoms. The number of methoxy groups -OCH3 is 1. The minimum Gasteiger partial charge on any atom is -0.497 e. The zero-order chi connectivity index (χ0) is 23.0. The van der Waals surface area contributed by atoms with Crippen molar-refractivity contribution >= 4 is 32.6 Å². The molecule has 3 aromatic rings. The minimum atomic E-state index is -3.63. The third kappa shape index (κ3) is 4.25. The monoisotopic (exact) mass is 456 g/mol. The zero-order valence-electron chi connectivity index (χ0n) is 18.7. The van der Waals surface area contributed by atoms with Crippen LogP contribution in [-0.4, -0.2) is 38.8 Å². The predicted molar refractivity (Wildman–Crippen MR) is 124 cm³/mol. The first-order chi connectivity index (χ1) is 15.2. The highest BCUT2D eigenvalue weighted by atomic mass is 32.2. The molecule has 0 spiro atoms. The van der Waals surface area contributed by atoms with Crippen LogP contribution in [0.25, 0.3) is 11.0 Å². The summed E-state index contributed by atoms with van der Waals surface area (Å²) < 4.78 is 39.1. The van der Waals surface area contributed by atoms with Gasteiger partial charge in [-0.3, -0.25) is 4.79 Å². The molecule has 0 unspecified atom stereocenters. The number of hydrogen-bond acceptors (Lipinski definition) is 5. The molecule has 1 aromatic heterocycles. The minimum absolute atomic E-state index is 0.151. The summed E-state index contributed by atoms with van der Waals surface area (Å²) >= 11 is 0. The lowest BCUT2D eigenvalue weighted by atomic mass is 9.94. The number of furan rings is 1. The maximum absolute atomic E-state index is 13.3. The van der Waals surface area contributed by atoms with Crippen molar-refractivity contribution in [1.29, 1.82) is 0 Å². The lowest BCUT2D eigenvalue weighted by molar-refractivity contribution is 0.0998. The molecule has 1 fully saturated rings. The fourth-order valence-corrected chi connectivity index (χ4v) is 6.12. The summed E-state index contributed by atoms with van der Waals surface area (Å²) in [6.45, 7) is 6.95. The summed E-state index contributed by atoms with van der Waals surface area (Å²) in [6, 6.07) is 11.8. The number of ether oxygens (including phenoxy) is 1. The van der Waals surface area contributed by atoms with Crippen LogP contribution >= 0.6 is 0 Å². The third-order valence-electron chi connectivity index (χ3n) is 5.91. The lowest BCUT2D eigenvalue weighted by Crippen LogP contribution is -2.42. The first kappa shape index (κ1) is 22.4. The van der Waals surface area contributed by atoms with Crippen molar-refractivity contribution in [3.8, 4) is 5.75 Å². The van der Waals surface area contributed by atoms with Crippen molar-refractivity contribution in [1.82, 2.24) is 4.31 Å². The molecule has 7 nitrogen and oxygen atoms in total. The number of aryl methyl sites for hydroxylation is 1. The number of carbonyl (C=O) groups excluding carboxylic acids is 1. The van der Waals surface area contributed by atoms with E-state index in [1.165, 1.54) is 0 Å². The standard InChI is InChI=1S/C24H28N2O5S/c1-15-10-16(2)14-26(13-15)32(28,29)20-8-9-22-21(12-20)17(3)23(31-22)24(27)25-18-6-5-7-19(11-18)30-4/h5-9,11-12,15-16H,10,13-14H2,1-4H3,(H,25,27)/t15-,16+. The number of fused-ring (bicyclic) bond motifs is 1. The Hall–Kier alpha value is -2.84. The summed E-state index contributed by atoms with van der Waals surface area (Å²) in [4.78, 5) is 13.1. The molecule has 4 rings (SSSR count). The van der Waals surface area contributed by atoms with E-state index in [4.69, 9.17) is 9.15 Å². The Morgan fingerprint density at radius 2 is 1.84 bits per heavy atom. The van der Waals surface area contributed by atoms with E-state index in [0.717, 1.165) is 6.42 Å². The number of hydrogen-bond donors (Lipinski definition) is 1. The Balaban J connectivity index is 1.64. The Kier molecular flexibility index (Phi) is 6.01. The highest BCUT2D eigenvalue weighted by Crippen LogP contribution is 2.32. The number of carbonyl (C=O) groups is 1. The van der Waals surface area contributed by atoms with Gasteiger partial charge in [0.15, 0.2) is 5.76 Å². The Bertz CT molecular complexity index is 1250. The van der Waals surface area contributed by atoms with Gasteiger partial charge >= 0.3 is 0 Å². The average Bonchev–Trinajstić information content (AvgIpc) is 3.09. The summed E-state index contributed by atoms with van der Waals surface area (Å²) in [6.07, 6.45) is 1.03. The molecule has 170 valence electrons. The predicted octanol–water partition coefficient (Wildman–Crippen LogP) is 4.67. The highest BCUT2D eigenvalue weighted by Gasteiger charge is 2.32. The van der Waals surface area contributed by atoms with Crippen molar-refractivity contribution in [2.45, 2.75) is 32.1 Å². The second kappa shape index (κ2) is 8.60. The zero-order valence-corrected chi connectivity index (χ0v) is 19.5. The van der Waals surface area contributed by atoms with E-state index >= 15 is 0 Å². The second-order valence-electron chi connectivity index (χ2n) is 8.67. The van der Waals surface area contributed by atoms with E-state index in [9.17, 15) is 13.2 Å². The first-order valence-electron chi connectivity index (χ1n) is 10.7. The molecule has 8 heteroatoms. The van der Waals surface area contributed by atoms with Gasteiger partial charge in [-0.1, -0.05) is 19.9 Å². The van der Waals surface area contributed by atoms with Crippen molar-refractivity contribution in [3.05, 3.63) is 53.8 Å². The molecule has 0 saturated carbocycles. The van der Waals surface area contributed by atoms with Gasteiger partial charge in [-0.25, -0.2) is 8.42 Å². The first-order valence-corrected chi connectivity index (χ1v) is 12.1. The van der Waals surface area contributed by atoms with Crippen LogP contribution in [0.5, 0.6) is 5.75 Å². The van der Waals surface area contributed by atoms with Crippen molar-refractivity contribution < 1.29 is 22.4 Å². The molecule has 0 radical (unpaired) electrons. The Morgan fingerprint density at radius 3 is 2.53 bits per heavy atom. The van der Waals surface area contributed by atoms with Crippen molar-refractivity contribution in [3.63, 3.8) is 0 Å². The molecule has 1 aliphatic rings. The van der Waals surface area contributed by atoms with Crippen LogP contribution in [0.4, 0.5) is 5.69 Å². The van der Waals surface area contributed by atoms with Gasteiger partial charge in [-0.2, -0.15) is 4.31 Å². The fraction of sp³-hybridized carbons (Fsp3) is 0.375. The largest absolute Gasteiger partial charge is 0.497 e. The van der Waals surface area contributed by atoms with Gasteiger partial charge in [0.2, 0.25) is 10.0 Å². The van der Waals surface area contributed by atoms with E-state index in [0.29, 0.717) is 52.9 Å². The molecule has 2 heterocycles. The molecule has 1 aliphatic heterocycles. The molecule has 32 heavy (non-hydrogen) atoms. The van der Waals surface area contributed by atoms with Crippen molar-refractivity contribution in [2.24, 2.45) is 11.8 Å². The van der Waals surface area contributed by atoms with Crippen LogP contribution in [0.15, 0.2) is 51.8 Å². The van der Waals surface area contributed by atoms with Gasteiger partial charge in [0.25, 0.3) is 5.91 Å². The van der Waals surface area contributed by atoms with E-state index < -0.39 is 15.9 Å². The van der Waals surface area contributed by atoms with Gasteiger partial charge in [-0.05, 0) is 55.5 Å². The van der Waals surface area contributed by atoms with Crippen LogP contribution in [0.2, 0.25) is 0 Å². The fourth-order valence-electron chi connectivity index (χ4n) is 4.42. The van der Waals surface area contributed by atoms with E-state index in [2.05, 4.69) is 19.2 Å². The summed E-state index contributed by atoms with van der Waals surface area (Å²) in [7, 11) is -2.07. The maximum Gasteiger partial charge on any atom is 0.291 e. The molecule has 1 amide bonds. The van der Waals surface area contributed by atoms with Gasteiger partial charge in [0.05, 0.1) is 12.0 Å². The molecule has 2 atom stereocenters. The van der Waals surface area contributed by atoms with Crippen LogP contribution in [0, 0.1) is 18.8 Å². The van der Waals surface area contributed by atoms with Gasteiger partial charge in [0.1, 0.15) is 11.3 Å². The highest BCUT2D eigenvalue weighted by molar-refractivity contribution is 7.89. The number of amides is 1. The second-order valence-corrected chi connectivity index (χ2v) is 10.6. The normalized spacial score (nSPS) is 19.8. The smallest absolute Gasteiger partial charge is 0.291 e. The number of nitrogens with one attached hydrogen (secondary N) is 1. The molecule has 0 aliphatic carbocycles. The van der Waals surface area contributed by atoms with Gasteiger partial charge in [-0.15, -0.1) is 0 Å². The van der Waals surface area contributed by atoms with Crippen LogP contribution in [0.3, 0.4) is 0 Å². The van der Waals surface area contributed by atoms with Gasteiger partial charge in [0, 0.05) is 35.8 Å². The SMILES string of the molecule is COc1cccc(NC(=O)c2oc3ccc(S(=O)(=O)N4C[C@H](C)C[C@H](C)C4)cc3c2C)c1. The van der Waals surface area contributed by atoms with E-state index in [1.807, 2.05) is 0 Å². The van der Waals surface area contributed by atoms with Crippen LogP contribution in [0.1, 0.15) is 36.4 Å². The topological polar surface area (TPSA) is 88.8 Å². The lowest BCUT2D eigenvalue weighted by Gasteiger charge is -2.34. The molecule has 1 N–H and O–H groups in total. The Labute approximate surface area is 188 Å². The number of rotatable bonds is 5. The van der Waals surface area contributed by atoms with Crippen LogP contribution in [-0.2, 0) is 10.0 Å². The number of nitrogens with zero attached hydrogens (tertiary/aromatic N) is 1. The number of anilines is 1. The molecule has 2 aromatic carbocycles. The molecule has 1 saturated heterocycles. The molecular weight excluding hydrogens is 428 g/mol. The Morgan fingerprint density at radius 1 is 1.12 bits per heavy atom. The third-order valence-corrected chi connectivity index (χ3v) is 7.74.